The molecule has 0 amide bonds. The maximum atomic E-state index is 5.45. The Balaban J connectivity index is 1.79. The Morgan fingerprint density at radius 2 is 0.909 bits per heavy atom. The quantitative estimate of drug-likeness (QED) is 0.304. The predicted octanol–water partition coefficient (Wildman–Crippen LogP) is 8.07. The van der Waals surface area contributed by atoms with Crippen molar-refractivity contribution < 1.29 is 9.47 Å². The van der Waals surface area contributed by atoms with E-state index >= 15 is 0 Å². The number of benzene rings is 4. The second kappa shape index (κ2) is 9.41. The zero-order valence-corrected chi connectivity index (χ0v) is 20.3. The first-order valence-corrected chi connectivity index (χ1v) is 11.2. The molecule has 0 fully saturated rings. The number of methoxy groups -OCH3 is 2. The van der Waals surface area contributed by atoms with Crippen LogP contribution in [0.1, 0.15) is 22.3 Å². The highest BCUT2D eigenvalue weighted by Crippen LogP contribution is 2.38. The highest BCUT2D eigenvalue weighted by molar-refractivity contribution is 5.79. The lowest BCUT2D eigenvalue weighted by atomic mass is 10.0. The van der Waals surface area contributed by atoms with Gasteiger partial charge < -0.3 is 14.4 Å². The Hall–Kier alpha value is -3.72. The van der Waals surface area contributed by atoms with E-state index in [1.54, 1.807) is 14.2 Å². The fourth-order valence-electron chi connectivity index (χ4n) is 3.95. The lowest BCUT2D eigenvalue weighted by molar-refractivity contribution is 0.394. The van der Waals surface area contributed by atoms with Crippen LogP contribution in [0, 0.1) is 27.7 Å². The van der Waals surface area contributed by atoms with Crippen LogP contribution in [0.4, 0.5) is 17.1 Å². The van der Waals surface area contributed by atoms with Crippen molar-refractivity contribution in [1.29, 1.82) is 0 Å². The maximum absolute atomic E-state index is 5.45. The molecule has 168 valence electrons. The van der Waals surface area contributed by atoms with Crippen LogP contribution in [0.2, 0.25) is 0 Å². The lowest BCUT2D eigenvalue weighted by Crippen LogP contribution is -2.10. The van der Waals surface area contributed by atoms with Gasteiger partial charge in [0, 0.05) is 23.1 Å². The third-order valence-corrected chi connectivity index (χ3v) is 6.31. The molecular weight excluding hydrogens is 406 g/mol. The van der Waals surface area contributed by atoms with Crippen LogP contribution in [0.5, 0.6) is 11.5 Å². The zero-order chi connectivity index (χ0) is 23.5. The van der Waals surface area contributed by atoms with Gasteiger partial charge in [0.05, 0.1) is 14.2 Å². The van der Waals surface area contributed by atoms with Gasteiger partial charge in [-0.2, -0.15) is 0 Å². The molecule has 4 aromatic carbocycles. The molecule has 0 aliphatic heterocycles. The van der Waals surface area contributed by atoms with Crippen molar-refractivity contribution in [2.75, 3.05) is 19.1 Å². The highest BCUT2D eigenvalue weighted by Gasteiger charge is 2.14. The molecule has 0 bridgehead atoms. The second-order valence-electron chi connectivity index (χ2n) is 8.52. The van der Waals surface area contributed by atoms with Crippen LogP contribution in [0.25, 0.3) is 11.1 Å². The van der Waals surface area contributed by atoms with Crippen LogP contribution in [0.3, 0.4) is 0 Å². The first-order valence-electron chi connectivity index (χ1n) is 11.2. The van der Waals surface area contributed by atoms with Crippen molar-refractivity contribution in [3.63, 3.8) is 0 Å². The van der Waals surface area contributed by atoms with E-state index in [0.717, 1.165) is 39.7 Å². The molecule has 3 heteroatoms. The Morgan fingerprint density at radius 1 is 0.455 bits per heavy atom. The van der Waals surface area contributed by atoms with Gasteiger partial charge in [0.15, 0.2) is 0 Å². The first kappa shape index (κ1) is 22.5. The molecular formula is C30H31NO2. The smallest absolute Gasteiger partial charge is 0.123 e. The first-order chi connectivity index (χ1) is 15.9. The SMILES string of the molecule is COc1cc(OC)cc(-c2ccc(N(c3ccc(C)c(C)c3)c3ccc(C)c(C)c3)cc2)c1. The molecule has 0 radical (unpaired) electrons. The van der Waals surface area contributed by atoms with Gasteiger partial charge in [0.2, 0.25) is 0 Å². The van der Waals surface area contributed by atoms with Gasteiger partial charge in [-0.15, -0.1) is 0 Å². The van der Waals surface area contributed by atoms with E-state index in [-0.39, 0.29) is 0 Å². The van der Waals surface area contributed by atoms with Crippen molar-refractivity contribution in [2.24, 2.45) is 0 Å². The van der Waals surface area contributed by atoms with Gasteiger partial charge in [0.1, 0.15) is 11.5 Å². The molecule has 3 nitrogen and oxygen atoms in total. The normalized spacial score (nSPS) is 10.7. The van der Waals surface area contributed by atoms with Crippen LogP contribution < -0.4 is 14.4 Å². The Bertz CT molecular complexity index is 1200. The molecule has 4 aromatic rings. The summed E-state index contributed by atoms with van der Waals surface area (Å²) in [5.41, 5.74) is 10.7. The van der Waals surface area contributed by atoms with E-state index in [4.69, 9.17) is 9.47 Å². The van der Waals surface area contributed by atoms with Gasteiger partial charge in [-0.25, -0.2) is 0 Å². The Morgan fingerprint density at radius 3 is 1.33 bits per heavy atom. The monoisotopic (exact) mass is 437 g/mol. The van der Waals surface area contributed by atoms with Gasteiger partial charge >= 0.3 is 0 Å². The molecule has 0 unspecified atom stereocenters. The summed E-state index contributed by atoms with van der Waals surface area (Å²) >= 11 is 0. The molecule has 0 aliphatic rings. The highest BCUT2D eigenvalue weighted by atomic mass is 16.5. The summed E-state index contributed by atoms with van der Waals surface area (Å²) in [6.07, 6.45) is 0. The summed E-state index contributed by atoms with van der Waals surface area (Å²) in [5.74, 6) is 1.56. The minimum atomic E-state index is 0.778. The summed E-state index contributed by atoms with van der Waals surface area (Å²) in [6.45, 7) is 8.63. The lowest BCUT2D eigenvalue weighted by Gasteiger charge is -2.27. The topological polar surface area (TPSA) is 21.7 Å². The fourth-order valence-corrected chi connectivity index (χ4v) is 3.95. The van der Waals surface area contributed by atoms with E-state index in [0.29, 0.717) is 0 Å². The number of hydrogen-bond donors (Lipinski definition) is 0. The predicted molar refractivity (Wildman–Crippen MR) is 139 cm³/mol. The third kappa shape index (κ3) is 4.73. The average molecular weight is 438 g/mol. The van der Waals surface area contributed by atoms with E-state index in [1.165, 1.54) is 22.3 Å². The van der Waals surface area contributed by atoms with Crippen LogP contribution in [-0.2, 0) is 0 Å². The molecule has 0 spiro atoms. The molecule has 0 saturated carbocycles. The number of anilines is 3. The Labute approximate surface area is 197 Å². The summed E-state index contributed by atoms with van der Waals surface area (Å²) in [6, 6.07) is 27.9. The summed E-state index contributed by atoms with van der Waals surface area (Å²) < 4.78 is 10.9. The molecule has 0 atom stereocenters. The second-order valence-corrected chi connectivity index (χ2v) is 8.52. The van der Waals surface area contributed by atoms with Crippen molar-refractivity contribution in [3.05, 3.63) is 101 Å². The third-order valence-electron chi connectivity index (χ3n) is 6.31. The molecule has 0 saturated heterocycles. The number of rotatable bonds is 6. The number of nitrogens with zero attached hydrogens (tertiary/aromatic N) is 1. The minimum absolute atomic E-state index is 0.778. The summed E-state index contributed by atoms with van der Waals surface area (Å²) in [4.78, 5) is 2.31. The average Bonchev–Trinajstić information content (AvgIpc) is 2.83. The van der Waals surface area contributed by atoms with Crippen LogP contribution >= 0.6 is 0 Å². The molecule has 33 heavy (non-hydrogen) atoms. The van der Waals surface area contributed by atoms with Crippen molar-refractivity contribution in [3.8, 4) is 22.6 Å². The number of ether oxygens (including phenoxy) is 2. The molecule has 0 aromatic heterocycles. The van der Waals surface area contributed by atoms with Gasteiger partial charge in [-0.1, -0.05) is 24.3 Å². The van der Waals surface area contributed by atoms with Crippen molar-refractivity contribution in [2.45, 2.75) is 27.7 Å². The van der Waals surface area contributed by atoms with Crippen molar-refractivity contribution in [1.82, 2.24) is 0 Å². The molecule has 4 rings (SSSR count). The van der Waals surface area contributed by atoms with E-state index in [9.17, 15) is 0 Å². The van der Waals surface area contributed by atoms with Gasteiger partial charge in [0.25, 0.3) is 0 Å². The number of aryl methyl sites for hydroxylation is 4. The van der Waals surface area contributed by atoms with E-state index in [1.807, 2.05) is 18.2 Å². The Kier molecular flexibility index (Phi) is 6.41. The maximum Gasteiger partial charge on any atom is 0.123 e. The van der Waals surface area contributed by atoms with Crippen LogP contribution in [0.15, 0.2) is 78.9 Å². The standard InChI is InChI=1S/C30H31NO2/c1-20-7-11-27(15-22(20)3)31(28-12-8-21(2)23(4)16-28)26-13-9-24(10-14-26)25-17-29(32-5)19-30(18-25)33-6/h7-19H,1-6H3. The molecule has 0 N–H and O–H groups in total. The summed E-state index contributed by atoms with van der Waals surface area (Å²) in [5, 5.41) is 0. The summed E-state index contributed by atoms with van der Waals surface area (Å²) in [7, 11) is 3.35. The van der Waals surface area contributed by atoms with Gasteiger partial charge in [-0.05, 0) is 110 Å². The van der Waals surface area contributed by atoms with E-state index < -0.39 is 0 Å². The fraction of sp³-hybridized carbons (Fsp3) is 0.200. The van der Waals surface area contributed by atoms with E-state index in [2.05, 4.69) is 93.3 Å². The van der Waals surface area contributed by atoms with Gasteiger partial charge in [-0.3, -0.25) is 0 Å². The zero-order valence-electron chi connectivity index (χ0n) is 20.3. The molecule has 0 heterocycles. The largest absolute Gasteiger partial charge is 0.497 e. The van der Waals surface area contributed by atoms with Crippen LogP contribution in [-0.4, -0.2) is 14.2 Å². The van der Waals surface area contributed by atoms with Crippen molar-refractivity contribution >= 4 is 17.1 Å². The minimum Gasteiger partial charge on any atom is -0.497 e. The molecule has 0 aliphatic carbocycles. The number of hydrogen-bond acceptors (Lipinski definition) is 3.